The van der Waals surface area contributed by atoms with E-state index in [1.165, 1.54) is 14.1 Å². The molecule has 1 unspecified atom stereocenters. The smallest absolute Gasteiger partial charge is 0.302 e. The number of nitrogens with zero attached hydrogens (tertiary/aromatic N) is 2. The predicted octanol–water partition coefficient (Wildman–Crippen LogP) is 0.579. The lowest BCUT2D eigenvalue weighted by Crippen LogP contribution is -2.42. The summed E-state index contributed by atoms with van der Waals surface area (Å²) in [7, 11) is -1.25. The van der Waals surface area contributed by atoms with Crippen LogP contribution in [0.15, 0.2) is 20.7 Å². The molecule has 0 saturated carbocycles. The quantitative estimate of drug-likeness (QED) is 0.754. The van der Waals surface area contributed by atoms with Crippen molar-refractivity contribution in [3.63, 3.8) is 0 Å². The Morgan fingerprint density at radius 1 is 1.23 bits per heavy atom. The lowest BCUT2D eigenvalue weighted by Gasteiger charge is -2.15. The van der Waals surface area contributed by atoms with Gasteiger partial charge in [-0.2, -0.15) is 0 Å². The maximum absolute atomic E-state index is 12.3. The monoisotopic (exact) mass is 331 g/mol. The second-order valence-electron chi connectivity index (χ2n) is 5.52. The molecule has 0 radical (unpaired) electrons. The van der Waals surface area contributed by atoms with Gasteiger partial charge in [0.25, 0.3) is 5.56 Å². The van der Waals surface area contributed by atoms with Crippen LogP contribution in [0, 0.1) is 5.92 Å². The molecule has 1 atom stereocenters. The summed E-state index contributed by atoms with van der Waals surface area (Å²) in [6.45, 7) is 4.40. The van der Waals surface area contributed by atoms with Gasteiger partial charge in [-0.05, 0) is 12.3 Å². The molecule has 0 aliphatic carbocycles. The summed E-state index contributed by atoms with van der Waals surface area (Å²) in [5.74, 6) is 0.242. The second kappa shape index (κ2) is 7.73. The van der Waals surface area contributed by atoms with E-state index in [0.29, 0.717) is 6.54 Å². The van der Waals surface area contributed by atoms with Gasteiger partial charge >= 0.3 is 5.69 Å². The van der Waals surface area contributed by atoms with E-state index in [4.69, 9.17) is 0 Å². The molecular weight excluding hydrogens is 306 g/mol. The third-order valence-electron chi connectivity index (χ3n) is 3.81. The maximum Gasteiger partial charge on any atom is 0.330 e. The summed E-state index contributed by atoms with van der Waals surface area (Å²) >= 11 is 0. The van der Waals surface area contributed by atoms with Crippen LogP contribution in [-0.2, 0) is 24.1 Å². The molecule has 0 amide bonds. The molecule has 8 heteroatoms. The number of hydrogen-bond donors (Lipinski definition) is 1. The van der Waals surface area contributed by atoms with Crippen LogP contribution in [0.1, 0.15) is 39.5 Å². The predicted molar refractivity (Wildman–Crippen MR) is 85.4 cm³/mol. The zero-order valence-electron chi connectivity index (χ0n) is 13.6. The first-order valence-corrected chi connectivity index (χ1v) is 8.99. The normalized spacial score (nSPS) is 13.3. The molecule has 0 fully saturated rings. The summed E-state index contributed by atoms with van der Waals surface area (Å²) in [6.07, 6.45) is 4.99. The molecule has 0 bridgehead atoms. The van der Waals surface area contributed by atoms with E-state index < -0.39 is 26.2 Å². The zero-order valence-corrected chi connectivity index (χ0v) is 14.4. The van der Waals surface area contributed by atoms with Crippen molar-refractivity contribution in [1.29, 1.82) is 0 Å². The number of unbranched alkanes of at least 4 members (excludes halogenated alkanes) is 1. The highest BCUT2D eigenvalue weighted by Gasteiger charge is 2.22. The number of hydrogen-bond acceptors (Lipinski definition) is 4. The lowest BCUT2D eigenvalue weighted by molar-refractivity contribution is 0.443. The van der Waals surface area contributed by atoms with E-state index in [0.717, 1.165) is 41.0 Å². The molecule has 0 spiro atoms. The molecule has 1 rings (SSSR count). The molecule has 1 aromatic heterocycles. The first kappa shape index (κ1) is 18.6. The zero-order chi connectivity index (χ0) is 16.9. The number of aryl methyl sites for hydroxylation is 1. The fourth-order valence-corrected chi connectivity index (χ4v) is 3.48. The molecule has 1 aromatic rings. The Bertz CT molecular complexity index is 719. The Balaban J connectivity index is 3.01. The number of aromatic nitrogens is 2. The molecule has 1 N–H and O–H groups in total. The summed E-state index contributed by atoms with van der Waals surface area (Å²) in [5, 5.41) is 0. The van der Waals surface area contributed by atoms with Crippen molar-refractivity contribution in [3.8, 4) is 0 Å². The van der Waals surface area contributed by atoms with E-state index in [2.05, 4.69) is 11.6 Å². The van der Waals surface area contributed by atoms with Crippen molar-refractivity contribution in [2.45, 2.75) is 44.4 Å². The number of nitrogens with one attached hydrogen (secondary N) is 1. The molecule has 0 aliphatic heterocycles. The first-order chi connectivity index (χ1) is 10.2. The van der Waals surface area contributed by atoms with Crippen molar-refractivity contribution in [3.05, 3.63) is 27.0 Å². The standard InChI is InChI=1S/C14H25N3O4S/c1-5-7-8-11(6-2)9-15-22(20,21)12-10-16(3)14(19)17(4)13(12)18/h10-11,15H,5-9H2,1-4H3. The van der Waals surface area contributed by atoms with Crippen molar-refractivity contribution in [2.75, 3.05) is 6.54 Å². The van der Waals surface area contributed by atoms with Gasteiger partial charge in [0.1, 0.15) is 0 Å². The van der Waals surface area contributed by atoms with Gasteiger partial charge in [-0.1, -0.05) is 33.1 Å². The van der Waals surface area contributed by atoms with Gasteiger partial charge in [0.05, 0.1) is 0 Å². The van der Waals surface area contributed by atoms with E-state index >= 15 is 0 Å². The van der Waals surface area contributed by atoms with E-state index in [-0.39, 0.29) is 5.92 Å². The second-order valence-corrected chi connectivity index (χ2v) is 7.25. The summed E-state index contributed by atoms with van der Waals surface area (Å²) in [6, 6.07) is 0. The average molecular weight is 331 g/mol. The highest BCUT2D eigenvalue weighted by atomic mass is 32.2. The number of sulfonamides is 1. The van der Waals surface area contributed by atoms with Crippen LogP contribution in [0.25, 0.3) is 0 Å². The molecule has 22 heavy (non-hydrogen) atoms. The van der Waals surface area contributed by atoms with E-state index in [1.807, 2.05) is 6.92 Å². The Labute approximate surface area is 131 Å². The van der Waals surface area contributed by atoms with E-state index in [9.17, 15) is 18.0 Å². The van der Waals surface area contributed by atoms with E-state index in [1.54, 1.807) is 0 Å². The molecule has 0 aromatic carbocycles. The number of rotatable bonds is 8. The van der Waals surface area contributed by atoms with Gasteiger partial charge in [0, 0.05) is 26.8 Å². The topological polar surface area (TPSA) is 90.2 Å². The van der Waals surface area contributed by atoms with Gasteiger partial charge in [0.15, 0.2) is 4.90 Å². The van der Waals surface area contributed by atoms with Crippen molar-refractivity contribution in [1.82, 2.24) is 13.9 Å². The Morgan fingerprint density at radius 3 is 2.41 bits per heavy atom. The van der Waals surface area contributed by atoms with Gasteiger partial charge in [-0.15, -0.1) is 0 Å². The minimum absolute atomic E-state index is 0.242. The third-order valence-corrected chi connectivity index (χ3v) is 5.22. The van der Waals surface area contributed by atoms with Gasteiger partial charge < -0.3 is 4.57 Å². The Kier molecular flexibility index (Phi) is 6.55. The summed E-state index contributed by atoms with van der Waals surface area (Å²) in [5.41, 5.74) is -1.37. The minimum atomic E-state index is -3.93. The van der Waals surface area contributed by atoms with Crippen LogP contribution < -0.4 is 16.0 Å². The third kappa shape index (κ3) is 4.30. The molecule has 126 valence electrons. The fraction of sp³-hybridized carbons (Fsp3) is 0.714. The molecule has 0 aliphatic rings. The minimum Gasteiger partial charge on any atom is -0.302 e. The van der Waals surface area contributed by atoms with Gasteiger partial charge in [-0.25, -0.2) is 17.9 Å². The fourth-order valence-electron chi connectivity index (χ4n) is 2.21. The van der Waals surface area contributed by atoms with Crippen LogP contribution >= 0.6 is 0 Å². The highest BCUT2D eigenvalue weighted by molar-refractivity contribution is 7.89. The van der Waals surface area contributed by atoms with Crippen LogP contribution in [0.4, 0.5) is 0 Å². The largest absolute Gasteiger partial charge is 0.330 e. The van der Waals surface area contributed by atoms with Gasteiger partial charge in [-0.3, -0.25) is 9.36 Å². The molecule has 1 heterocycles. The molecular formula is C14H25N3O4S. The summed E-state index contributed by atoms with van der Waals surface area (Å²) in [4.78, 5) is 23.2. The Morgan fingerprint density at radius 2 is 1.86 bits per heavy atom. The van der Waals surface area contributed by atoms with Crippen molar-refractivity contribution >= 4 is 10.0 Å². The van der Waals surface area contributed by atoms with Crippen LogP contribution in [0.5, 0.6) is 0 Å². The van der Waals surface area contributed by atoms with Crippen molar-refractivity contribution in [2.24, 2.45) is 20.0 Å². The first-order valence-electron chi connectivity index (χ1n) is 7.50. The lowest BCUT2D eigenvalue weighted by atomic mass is 10.00. The van der Waals surface area contributed by atoms with Crippen molar-refractivity contribution < 1.29 is 8.42 Å². The van der Waals surface area contributed by atoms with Crippen LogP contribution in [0.2, 0.25) is 0 Å². The maximum atomic E-state index is 12.3. The average Bonchev–Trinajstić information content (AvgIpc) is 2.48. The Hall–Kier alpha value is -1.41. The molecule has 7 nitrogen and oxygen atoms in total. The van der Waals surface area contributed by atoms with Gasteiger partial charge in [0.2, 0.25) is 10.0 Å². The molecule has 0 saturated heterocycles. The van der Waals surface area contributed by atoms with Crippen LogP contribution in [-0.4, -0.2) is 24.1 Å². The SMILES string of the molecule is CCCCC(CC)CNS(=O)(=O)c1cn(C)c(=O)n(C)c1=O. The summed E-state index contributed by atoms with van der Waals surface area (Å²) < 4.78 is 29.0. The highest BCUT2D eigenvalue weighted by Crippen LogP contribution is 2.12. The van der Waals surface area contributed by atoms with Crippen LogP contribution in [0.3, 0.4) is 0 Å².